The van der Waals surface area contributed by atoms with Gasteiger partial charge in [-0.2, -0.15) is 0 Å². The van der Waals surface area contributed by atoms with Crippen LogP contribution in [0.3, 0.4) is 0 Å². The first-order chi connectivity index (χ1) is 9.06. The zero-order valence-electron chi connectivity index (χ0n) is 12.1. The van der Waals surface area contributed by atoms with Crippen LogP contribution in [0.4, 0.5) is 5.69 Å². The fraction of sp³-hybridized carbons (Fsp3) is 0.533. The summed E-state index contributed by atoms with van der Waals surface area (Å²) in [5.74, 6) is -0.110. The van der Waals surface area contributed by atoms with Crippen LogP contribution in [0.25, 0.3) is 0 Å². The number of anilines is 1. The molecule has 5 heteroatoms. The average Bonchev–Trinajstić information content (AvgIpc) is 2.40. The number of amides is 1. The number of rotatable bonds is 6. The van der Waals surface area contributed by atoms with Gasteiger partial charge in [0, 0.05) is 7.11 Å². The standard InChI is InChI=1S/C15H22ClNO2.Na.H/c1-5-13-8-6-7-11(2)15(13)17(14(18)9-16)12(3)10-19-4;;/h6-8,12H,5,9-10H2,1-4H3;;. The van der Waals surface area contributed by atoms with Crippen LogP contribution in [-0.4, -0.2) is 61.1 Å². The molecule has 0 aliphatic rings. The Hall–Kier alpha value is -0.0600. The molecule has 0 bridgehead atoms. The van der Waals surface area contributed by atoms with Gasteiger partial charge in [0.2, 0.25) is 5.91 Å². The summed E-state index contributed by atoms with van der Waals surface area (Å²) in [7, 11) is 1.64. The Bertz CT molecular complexity index is 440. The van der Waals surface area contributed by atoms with Gasteiger partial charge in [0.25, 0.3) is 0 Å². The third kappa shape index (κ3) is 4.74. The van der Waals surface area contributed by atoms with E-state index in [9.17, 15) is 4.79 Å². The van der Waals surface area contributed by atoms with Crippen molar-refractivity contribution < 1.29 is 9.53 Å². The summed E-state index contributed by atoms with van der Waals surface area (Å²) in [5, 5.41) is 0. The first-order valence-electron chi connectivity index (χ1n) is 6.52. The molecule has 0 saturated carbocycles. The van der Waals surface area contributed by atoms with Crippen LogP contribution in [0, 0.1) is 6.92 Å². The van der Waals surface area contributed by atoms with E-state index in [1.165, 1.54) is 0 Å². The summed E-state index contributed by atoms with van der Waals surface area (Å²) in [4.78, 5) is 14.0. The van der Waals surface area contributed by atoms with Gasteiger partial charge in [-0.15, -0.1) is 11.6 Å². The number of carbonyl (C=O) groups excluding carboxylic acids is 1. The number of hydrogen-bond acceptors (Lipinski definition) is 2. The molecule has 0 radical (unpaired) electrons. The molecule has 0 fully saturated rings. The monoisotopic (exact) mass is 307 g/mol. The molecule has 1 aromatic rings. The molecule has 0 heterocycles. The van der Waals surface area contributed by atoms with E-state index in [2.05, 4.69) is 13.0 Å². The van der Waals surface area contributed by atoms with Crippen molar-refractivity contribution >= 4 is 52.8 Å². The van der Waals surface area contributed by atoms with E-state index in [1.807, 2.05) is 26.0 Å². The number of alkyl halides is 1. The van der Waals surface area contributed by atoms with E-state index >= 15 is 0 Å². The molecule has 1 amide bonds. The summed E-state index contributed by atoms with van der Waals surface area (Å²) in [6.07, 6.45) is 0.878. The predicted octanol–water partition coefficient (Wildman–Crippen LogP) is 2.52. The van der Waals surface area contributed by atoms with Crippen molar-refractivity contribution in [1.82, 2.24) is 0 Å². The van der Waals surface area contributed by atoms with Crippen molar-refractivity contribution in [3.8, 4) is 0 Å². The summed E-state index contributed by atoms with van der Waals surface area (Å²) in [6, 6.07) is 6.05. The van der Waals surface area contributed by atoms with E-state index in [1.54, 1.807) is 12.0 Å². The number of benzene rings is 1. The van der Waals surface area contributed by atoms with Gasteiger partial charge >= 0.3 is 29.6 Å². The molecule has 0 aliphatic heterocycles. The van der Waals surface area contributed by atoms with Gasteiger partial charge in [0.05, 0.1) is 18.3 Å². The van der Waals surface area contributed by atoms with Gasteiger partial charge < -0.3 is 9.64 Å². The van der Waals surface area contributed by atoms with Crippen molar-refractivity contribution in [2.45, 2.75) is 33.2 Å². The van der Waals surface area contributed by atoms with E-state index < -0.39 is 0 Å². The van der Waals surface area contributed by atoms with Crippen molar-refractivity contribution in [2.24, 2.45) is 0 Å². The summed E-state index contributed by atoms with van der Waals surface area (Å²) in [5.41, 5.74) is 3.21. The Morgan fingerprint density at radius 1 is 1.45 bits per heavy atom. The molecule has 1 rings (SSSR count). The molecule has 0 spiro atoms. The molecule has 20 heavy (non-hydrogen) atoms. The molecular weight excluding hydrogens is 285 g/mol. The molecular formula is C15H23ClNNaO2. The van der Waals surface area contributed by atoms with Gasteiger partial charge in [-0.25, -0.2) is 0 Å². The number of methoxy groups -OCH3 is 1. The normalized spacial score (nSPS) is 11.7. The van der Waals surface area contributed by atoms with Crippen LogP contribution in [0.5, 0.6) is 0 Å². The Kier molecular flexibility index (Phi) is 9.77. The Balaban J connectivity index is 0.00000361. The van der Waals surface area contributed by atoms with Crippen LogP contribution < -0.4 is 4.90 Å². The third-order valence-corrected chi connectivity index (χ3v) is 3.40. The van der Waals surface area contributed by atoms with Crippen LogP contribution in [0.2, 0.25) is 0 Å². The van der Waals surface area contributed by atoms with Crippen LogP contribution in [0.1, 0.15) is 25.0 Å². The molecule has 0 N–H and O–H groups in total. The number of para-hydroxylation sites is 1. The van der Waals surface area contributed by atoms with Gasteiger partial charge in [-0.05, 0) is 31.4 Å². The topological polar surface area (TPSA) is 29.5 Å². The second kappa shape index (κ2) is 9.80. The minimum absolute atomic E-state index is 0. The first-order valence-corrected chi connectivity index (χ1v) is 7.05. The molecule has 0 saturated heterocycles. The fourth-order valence-corrected chi connectivity index (χ4v) is 2.45. The van der Waals surface area contributed by atoms with Gasteiger partial charge in [-0.1, -0.05) is 25.1 Å². The van der Waals surface area contributed by atoms with Crippen molar-refractivity contribution in [1.29, 1.82) is 0 Å². The maximum absolute atomic E-state index is 12.2. The summed E-state index contributed by atoms with van der Waals surface area (Å²) < 4.78 is 5.18. The maximum atomic E-state index is 12.2. The number of ether oxygens (including phenoxy) is 1. The van der Waals surface area contributed by atoms with Crippen molar-refractivity contribution in [3.63, 3.8) is 0 Å². The molecule has 3 nitrogen and oxygen atoms in total. The zero-order chi connectivity index (χ0) is 14.4. The molecule has 0 aliphatic carbocycles. The molecule has 1 aromatic carbocycles. The van der Waals surface area contributed by atoms with Gasteiger partial charge in [0.1, 0.15) is 5.88 Å². The van der Waals surface area contributed by atoms with E-state index in [0.29, 0.717) is 6.61 Å². The molecule has 108 valence electrons. The molecule has 1 unspecified atom stereocenters. The van der Waals surface area contributed by atoms with E-state index in [-0.39, 0.29) is 47.4 Å². The van der Waals surface area contributed by atoms with Crippen molar-refractivity contribution in [2.75, 3.05) is 24.5 Å². The van der Waals surface area contributed by atoms with Gasteiger partial charge in [-0.3, -0.25) is 4.79 Å². The van der Waals surface area contributed by atoms with E-state index in [4.69, 9.17) is 16.3 Å². The quantitative estimate of drug-likeness (QED) is 0.597. The summed E-state index contributed by atoms with van der Waals surface area (Å²) in [6.45, 7) is 6.56. The number of hydrogen-bond donors (Lipinski definition) is 0. The summed E-state index contributed by atoms with van der Waals surface area (Å²) >= 11 is 5.76. The minimum atomic E-state index is -0.0878. The van der Waals surface area contributed by atoms with Crippen molar-refractivity contribution in [3.05, 3.63) is 29.3 Å². The Morgan fingerprint density at radius 3 is 2.60 bits per heavy atom. The van der Waals surface area contributed by atoms with Crippen LogP contribution in [0.15, 0.2) is 18.2 Å². The second-order valence-corrected chi connectivity index (χ2v) is 4.91. The third-order valence-electron chi connectivity index (χ3n) is 3.17. The Labute approximate surface area is 148 Å². The number of carbonyl (C=O) groups is 1. The average molecular weight is 308 g/mol. The van der Waals surface area contributed by atoms with Crippen LogP contribution >= 0.6 is 11.6 Å². The fourth-order valence-electron chi connectivity index (χ4n) is 2.32. The first kappa shape index (κ1) is 19.9. The molecule has 1 atom stereocenters. The van der Waals surface area contributed by atoms with Gasteiger partial charge in [0.15, 0.2) is 0 Å². The van der Waals surface area contributed by atoms with Crippen LogP contribution in [-0.2, 0) is 16.0 Å². The second-order valence-electron chi connectivity index (χ2n) is 4.64. The SMILES string of the molecule is CCc1cccc(C)c1N(C(=O)CCl)C(C)COC.[NaH]. The number of halogens is 1. The zero-order valence-corrected chi connectivity index (χ0v) is 12.8. The molecule has 0 aromatic heterocycles. The predicted molar refractivity (Wildman–Crippen MR) is 87.3 cm³/mol. The number of aryl methyl sites for hydroxylation is 2. The number of nitrogens with zero attached hydrogens (tertiary/aromatic N) is 1. The Morgan fingerprint density at radius 2 is 2.10 bits per heavy atom. The van der Waals surface area contributed by atoms with E-state index in [0.717, 1.165) is 23.2 Å².